The van der Waals surface area contributed by atoms with E-state index in [-0.39, 0.29) is 0 Å². The standard InChI is InChI=1S/C18H33N3/c19-17(20)21-13-18(14-7-1-2-8-14,15-9-3-4-10-15)16-11-5-6-12-16/h14-16H,1-13H2,(H4,19,20,21). The molecule has 3 rings (SSSR count). The molecule has 3 nitrogen and oxygen atoms in total. The second kappa shape index (κ2) is 6.58. The van der Waals surface area contributed by atoms with E-state index in [4.69, 9.17) is 11.5 Å². The predicted molar refractivity (Wildman–Crippen MR) is 89.0 cm³/mol. The number of aliphatic imine (C=N–C) groups is 1. The summed E-state index contributed by atoms with van der Waals surface area (Å²) in [7, 11) is 0. The van der Waals surface area contributed by atoms with Crippen LogP contribution < -0.4 is 11.5 Å². The first-order valence-corrected chi connectivity index (χ1v) is 9.29. The van der Waals surface area contributed by atoms with Gasteiger partial charge in [-0.2, -0.15) is 0 Å². The molecule has 0 aromatic carbocycles. The molecule has 0 saturated heterocycles. The Morgan fingerprint density at radius 3 is 1.33 bits per heavy atom. The van der Waals surface area contributed by atoms with Crippen molar-refractivity contribution < 1.29 is 0 Å². The van der Waals surface area contributed by atoms with Crippen molar-refractivity contribution in [2.24, 2.45) is 39.6 Å². The summed E-state index contributed by atoms with van der Waals surface area (Å²) < 4.78 is 0. The van der Waals surface area contributed by atoms with E-state index < -0.39 is 0 Å². The zero-order valence-corrected chi connectivity index (χ0v) is 13.5. The summed E-state index contributed by atoms with van der Waals surface area (Å²) in [6, 6.07) is 0. The van der Waals surface area contributed by atoms with E-state index in [1.807, 2.05) is 0 Å². The van der Waals surface area contributed by atoms with E-state index in [0.717, 1.165) is 24.3 Å². The second-order valence-electron chi connectivity index (χ2n) is 7.80. The van der Waals surface area contributed by atoms with Crippen LogP contribution in [0.3, 0.4) is 0 Å². The SMILES string of the molecule is NC(N)=NCC(C1CCCC1)(C1CCCC1)C1CCCC1. The van der Waals surface area contributed by atoms with Gasteiger partial charge in [-0.3, -0.25) is 4.99 Å². The molecule has 0 spiro atoms. The van der Waals surface area contributed by atoms with Crippen LogP contribution in [0.4, 0.5) is 0 Å². The molecule has 21 heavy (non-hydrogen) atoms. The largest absolute Gasteiger partial charge is 0.370 e. The van der Waals surface area contributed by atoms with Gasteiger partial charge in [-0.25, -0.2) is 0 Å². The fraction of sp³-hybridized carbons (Fsp3) is 0.944. The quantitative estimate of drug-likeness (QED) is 0.597. The molecule has 0 amide bonds. The van der Waals surface area contributed by atoms with Gasteiger partial charge in [-0.1, -0.05) is 38.5 Å². The van der Waals surface area contributed by atoms with Gasteiger partial charge in [0.2, 0.25) is 0 Å². The van der Waals surface area contributed by atoms with Crippen LogP contribution >= 0.6 is 0 Å². The molecule has 3 saturated carbocycles. The molecular weight excluding hydrogens is 258 g/mol. The summed E-state index contributed by atoms with van der Waals surface area (Å²) in [6.45, 7) is 0.912. The Bertz CT molecular complexity index is 314. The fourth-order valence-electron chi connectivity index (χ4n) is 6.01. The monoisotopic (exact) mass is 291 g/mol. The Morgan fingerprint density at radius 1 is 0.714 bits per heavy atom. The number of guanidine groups is 1. The first-order chi connectivity index (χ1) is 10.2. The molecular formula is C18H33N3. The molecule has 0 aromatic heterocycles. The maximum atomic E-state index is 5.72. The molecule has 0 aromatic rings. The molecule has 0 heterocycles. The zero-order chi connectivity index (χ0) is 14.7. The lowest BCUT2D eigenvalue weighted by Gasteiger charge is -2.48. The molecule has 0 radical (unpaired) electrons. The van der Waals surface area contributed by atoms with E-state index in [1.165, 1.54) is 77.0 Å². The molecule has 3 aliphatic carbocycles. The van der Waals surface area contributed by atoms with Crippen LogP contribution in [0.2, 0.25) is 0 Å². The van der Waals surface area contributed by atoms with Crippen LogP contribution in [0, 0.1) is 23.2 Å². The van der Waals surface area contributed by atoms with Gasteiger partial charge in [0.1, 0.15) is 0 Å². The summed E-state index contributed by atoms with van der Waals surface area (Å²) in [6.07, 6.45) is 17.1. The minimum Gasteiger partial charge on any atom is -0.370 e. The maximum absolute atomic E-state index is 5.72. The highest BCUT2D eigenvalue weighted by Gasteiger charge is 2.51. The van der Waals surface area contributed by atoms with E-state index in [1.54, 1.807) is 0 Å². The van der Waals surface area contributed by atoms with Gasteiger partial charge in [0.05, 0.1) is 0 Å². The van der Waals surface area contributed by atoms with Crippen LogP contribution in [-0.2, 0) is 0 Å². The number of hydrogen-bond acceptors (Lipinski definition) is 1. The second-order valence-corrected chi connectivity index (χ2v) is 7.80. The molecule has 3 fully saturated rings. The van der Waals surface area contributed by atoms with Crippen molar-refractivity contribution in [1.29, 1.82) is 0 Å². The van der Waals surface area contributed by atoms with Crippen molar-refractivity contribution >= 4 is 5.96 Å². The van der Waals surface area contributed by atoms with Crippen LogP contribution in [-0.4, -0.2) is 12.5 Å². The van der Waals surface area contributed by atoms with Gasteiger partial charge in [0, 0.05) is 6.54 Å². The van der Waals surface area contributed by atoms with E-state index in [0.29, 0.717) is 11.4 Å². The molecule has 3 heteroatoms. The zero-order valence-electron chi connectivity index (χ0n) is 13.5. The van der Waals surface area contributed by atoms with Crippen LogP contribution in [0.15, 0.2) is 4.99 Å². The smallest absolute Gasteiger partial charge is 0.185 e. The Morgan fingerprint density at radius 2 is 1.05 bits per heavy atom. The summed E-state index contributed by atoms with van der Waals surface area (Å²) in [5.41, 5.74) is 11.9. The third-order valence-electron chi connectivity index (χ3n) is 6.88. The van der Waals surface area contributed by atoms with Crippen molar-refractivity contribution in [3.63, 3.8) is 0 Å². The maximum Gasteiger partial charge on any atom is 0.185 e. The Balaban J connectivity index is 1.92. The highest BCUT2D eigenvalue weighted by molar-refractivity contribution is 5.75. The Labute approximate surface area is 130 Å². The first-order valence-electron chi connectivity index (χ1n) is 9.29. The van der Waals surface area contributed by atoms with Gasteiger partial charge in [-0.15, -0.1) is 0 Å². The predicted octanol–water partition coefficient (Wildman–Crippen LogP) is 3.82. The van der Waals surface area contributed by atoms with Gasteiger partial charge < -0.3 is 11.5 Å². The number of rotatable bonds is 5. The lowest BCUT2D eigenvalue weighted by atomic mass is 9.57. The van der Waals surface area contributed by atoms with E-state index >= 15 is 0 Å². The van der Waals surface area contributed by atoms with Crippen LogP contribution in [0.25, 0.3) is 0 Å². The number of nitrogens with two attached hydrogens (primary N) is 2. The number of nitrogens with zero attached hydrogens (tertiary/aromatic N) is 1. The lowest BCUT2D eigenvalue weighted by Crippen LogP contribution is -2.45. The number of hydrogen-bond donors (Lipinski definition) is 2. The van der Waals surface area contributed by atoms with E-state index in [2.05, 4.69) is 4.99 Å². The molecule has 0 atom stereocenters. The summed E-state index contributed by atoms with van der Waals surface area (Å²) in [5.74, 6) is 2.94. The average molecular weight is 291 g/mol. The summed E-state index contributed by atoms with van der Waals surface area (Å²) in [4.78, 5) is 4.60. The average Bonchev–Trinajstić information content (AvgIpc) is 3.24. The van der Waals surface area contributed by atoms with Crippen molar-refractivity contribution in [1.82, 2.24) is 0 Å². The Kier molecular flexibility index (Phi) is 4.75. The summed E-state index contributed by atoms with van der Waals surface area (Å²) in [5, 5.41) is 0. The highest BCUT2D eigenvalue weighted by atomic mass is 15.0. The van der Waals surface area contributed by atoms with E-state index in [9.17, 15) is 0 Å². The third-order valence-corrected chi connectivity index (χ3v) is 6.88. The van der Waals surface area contributed by atoms with Gasteiger partial charge >= 0.3 is 0 Å². The minimum absolute atomic E-state index is 0.299. The fourth-order valence-corrected chi connectivity index (χ4v) is 6.01. The van der Waals surface area contributed by atoms with Gasteiger partial charge in [0.25, 0.3) is 0 Å². The van der Waals surface area contributed by atoms with Crippen molar-refractivity contribution in [3.05, 3.63) is 0 Å². The van der Waals surface area contributed by atoms with Crippen molar-refractivity contribution in [3.8, 4) is 0 Å². The van der Waals surface area contributed by atoms with Gasteiger partial charge in [-0.05, 0) is 61.7 Å². The molecule has 3 aliphatic rings. The molecule has 0 bridgehead atoms. The summed E-state index contributed by atoms with van der Waals surface area (Å²) >= 11 is 0. The molecule has 0 unspecified atom stereocenters. The molecule has 120 valence electrons. The topological polar surface area (TPSA) is 64.4 Å². The normalized spacial score (nSPS) is 25.7. The lowest BCUT2D eigenvalue weighted by molar-refractivity contribution is 0.0152. The van der Waals surface area contributed by atoms with Crippen LogP contribution in [0.1, 0.15) is 77.0 Å². The molecule has 4 N–H and O–H groups in total. The van der Waals surface area contributed by atoms with Gasteiger partial charge in [0.15, 0.2) is 5.96 Å². The van der Waals surface area contributed by atoms with Crippen molar-refractivity contribution in [2.75, 3.05) is 6.54 Å². The minimum atomic E-state index is 0.299. The third kappa shape index (κ3) is 2.93. The van der Waals surface area contributed by atoms with Crippen molar-refractivity contribution in [2.45, 2.75) is 77.0 Å². The highest BCUT2D eigenvalue weighted by Crippen LogP contribution is 2.58. The first kappa shape index (κ1) is 15.2. The Hall–Kier alpha value is -0.730. The molecule has 0 aliphatic heterocycles. The van der Waals surface area contributed by atoms with Crippen LogP contribution in [0.5, 0.6) is 0 Å².